The van der Waals surface area contributed by atoms with Crippen LogP contribution in [-0.4, -0.2) is 16.9 Å². The van der Waals surface area contributed by atoms with E-state index in [1.54, 1.807) is 6.26 Å². The quantitative estimate of drug-likeness (QED) is 0.752. The molecule has 2 heterocycles. The fraction of sp³-hybridized carbons (Fsp3) is 0.235. The highest BCUT2D eigenvalue weighted by Crippen LogP contribution is 2.14. The third-order valence-corrected chi connectivity index (χ3v) is 3.60. The molecule has 0 radical (unpaired) electrons. The number of rotatable bonds is 5. The van der Waals surface area contributed by atoms with Gasteiger partial charge in [0.15, 0.2) is 0 Å². The Kier molecular flexibility index (Phi) is 3.77. The van der Waals surface area contributed by atoms with Crippen LogP contribution >= 0.6 is 0 Å². The number of amides is 1. The Bertz CT molecular complexity index is 728. The maximum absolute atomic E-state index is 12.2. The second-order valence-electron chi connectivity index (χ2n) is 5.27. The number of aromatic nitrogens is 1. The molecule has 1 amide bonds. The number of fused-ring (bicyclic) bond motifs is 1. The van der Waals surface area contributed by atoms with Gasteiger partial charge in [0, 0.05) is 35.1 Å². The summed E-state index contributed by atoms with van der Waals surface area (Å²) in [6.07, 6.45) is 5.22. The molecular weight excluding hydrogens is 264 g/mol. The summed E-state index contributed by atoms with van der Waals surface area (Å²) in [4.78, 5) is 15.4. The van der Waals surface area contributed by atoms with Gasteiger partial charge in [0.05, 0.1) is 6.26 Å². The number of aromatic amines is 1. The van der Waals surface area contributed by atoms with Gasteiger partial charge >= 0.3 is 0 Å². The lowest BCUT2D eigenvalue weighted by Crippen LogP contribution is -2.32. The molecule has 2 aromatic heterocycles. The van der Waals surface area contributed by atoms with Crippen LogP contribution < -0.4 is 5.32 Å². The van der Waals surface area contributed by atoms with Crippen molar-refractivity contribution >= 4 is 16.8 Å². The molecule has 0 aliphatic rings. The van der Waals surface area contributed by atoms with E-state index in [2.05, 4.69) is 10.3 Å². The van der Waals surface area contributed by atoms with Crippen LogP contribution in [0.4, 0.5) is 0 Å². The number of nitrogens with one attached hydrogen (secondary N) is 2. The van der Waals surface area contributed by atoms with Crippen molar-refractivity contribution in [3.05, 3.63) is 60.2 Å². The van der Waals surface area contributed by atoms with E-state index in [0.717, 1.165) is 29.5 Å². The minimum atomic E-state index is -0.0370. The average molecular weight is 282 g/mol. The molecule has 3 aromatic rings. The number of furan rings is 1. The van der Waals surface area contributed by atoms with E-state index in [4.69, 9.17) is 4.42 Å². The molecule has 3 rings (SSSR count). The lowest BCUT2D eigenvalue weighted by Gasteiger charge is -2.13. The molecule has 0 aliphatic carbocycles. The molecule has 4 nitrogen and oxygen atoms in total. The largest absolute Gasteiger partial charge is 0.469 e. The number of hydrogen-bond acceptors (Lipinski definition) is 2. The third kappa shape index (κ3) is 3.16. The highest BCUT2D eigenvalue weighted by atomic mass is 16.3. The Labute approximate surface area is 123 Å². The Hall–Kier alpha value is -2.49. The van der Waals surface area contributed by atoms with Crippen molar-refractivity contribution in [3.8, 4) is 0 Å². The van der Waals surface area contributed by atoms with Crippen molar-refractivity contribution in [2.45, 2.75) is 25.8 Å². The van der Waals surface area contributed by atoms with Gasteiger partial charge in [-0.3, -0.25) is 4.79 Å². The first-order chi connectivity index (χ1) is 10.2. The molecule has 1 unspecified atom stereocenters. The number of hydrogen-bond donors (Lipinski definition) is 2. The lowest BCUT2D eigenvalue weighted by molar-refractivity contribution is 0.0938. The smallest absolute Gasteiger partial charge is 0.251 e. The summed E-state index contributed by atoms with van der Waals surface area (Å²) in [5.74, 6) is 0.912. The molecule has 0 fully saturated rings. The molecule has 1 atom stereocenters. The zero-order valence-electron chi connectivity index (χ0n) is 11.9. The number of aryl methyl sites for hydroxylation is 1. The third-order valence-electron chi connectivity index (χ3n) is 3.60. The fourth-order valence-electron chi connectivity index (χ4n) is 2.39. The predicted octanol–water partition coefficient (Wildman–Crippen LogP) is 3.51. The van der Waals surface area contributed by atoms with Gasteiger partial charge in [-0.2, -0.15) is 0 Å². The maximum atomic E-state index is 12.2. The summed E-state index contributed by atoms with van der Waals surface area (Å²) in [6, 6.07) is 11.6. The maximum Gasteiger partial charge on any atom is 0.251 e. The number of benzene rings is 1. The summed E-state index contributed by atoms with van der Waals surface area (Å²) in [5, 5.41) is 4.07. The first kappa shape index (κ1) is 13.5. The molecule has 0 spiro atoms. The Morgan fingerprint density at radius 3 is 3.05 bits per heavy atom. The molecule has 108 valence electrons. The van der Waals surface area contributed by atoms with E-state index in [9.17, 15) is 4.79 Å². The highest BCUT2D eigenvalue weighted by Gasteiger charge is 2.11. The normalized spacial score (nSPS) is 12.4. The Balaban J connectivity index is 1.59. The summed E-state index contributed by atoms with van der Waals surface area (Å²) in [5.41, 5.74) is 1.73. The first-order valence-corrected chi connectivity index (χ1v) is 7.13. The SMILES string of the molecule is CC(CCc1ccco1)NC(=O)c1ccc2[nH]ccc2c1. The van der Waals surface area contributed by atoms with Gasteiger partial charge in [0.1, 0.15) is 5.76 Å². The molecule has 0 bridgehead atoms. The van der Waals surface area contributed by atoms with Crippen molar-refractivity contribution in [1.29, 1.82) is 0 Å². The van der Waals surface area contributed by atoms with Crippen LogP contribution in [-0.2, 0) is 6.42 Å². The molecule has 1 aromatic carbocycles. The minimum Gasteiger partial charge on any atom is -0.469 e. The van der Waals surface area contributed by atoms with Gasteiger partial charge in [0.2, 0.25) is 0 Å². The summed E-state index contributed by atoms with van der Waals surface area (Å²) in [7, 11) is 0. The topological polar surface area (TPSA) is 58.0 Å². The molecule has 0 saturated heterocycles. The zero-order chi connectivity index (χ0) is 14.7. The van der Waals surface area contributed by atoms with Crippen molar-refractivity contribution < 1.29 is 9.21 Å². The van der Waals surface area contributed by atoms with Gasteiger partial charge < -0.3 is 14.7 Å². The minimum absolute atomic E-state index is 0.0370. The molecule has 0 aliphatic heterocycles. The van der Waals surface area contributed by atoms with Crippen LogP contribution in [0.15, 0.2) is 53.3 Å². The zero-order valence-corrected chi connectivity index (χ0v) is 11.9. The summed E-state index contributed by atoms with van der Waals surface area (Å²) >= 11 is 0. The Morgan fingerprint density at radius 1 is 1.33 bits per heavy atom. The number of carbonyl (C=O) groups is 1. The van der Waals surface area contributed by atoms with E-state index in [0.29, 0.717) is 5.56 Å². The molecule has 4 heteroatoms. The average Bonchev–Trinajstić information content (AvgIpc) is 3.15. The monoisotopic (exact) mass is 282 g/mol. The van der Waals surface area contributed by atoms with Crippen LogP contribution in [0.5, 0.6) is 0 Å². The summed E-state index contributed by atoms with van der Waals surface area (Å²) in [6.45, 7) is 2.01. The predicted molar refractivity (Wildman–Crippen MR) is 82.3 cm³/mol. The standard InChI is InChI=1S/C17H18N2O2/c1-12(4-6-15-3-2-10-21-15)19-17(20)14-5-7-16-13(11-14)8-9-18-16/h2-3,5,7-12,18H,4,6H2,1H3,(H,19,20). The lowest BCUT2D eigenvalue weighted by atomic mass is 10.1. The van der Waals surface area contributed by atoms with Crippen LogP contribution in [0.1, 0.15) is 29.5 Å². The van der Waals surface area contributed by atoms with Gasteiger partial charge in [-0.1, -0.05) is 0 Å². The number of H-pyrrole nitrogens is 1. The molecule has 0 saturated carbocycles. The Morgan fingerprint density at radius 2 is 2.24 bits per heavy atom. The van der Waals surface area contributed by atoms with E-state index < -0.39 is 0 Å². The van der Waals surface area contributed by atoms with Crippen LogP contribution in [0.3, 0.4) is 0 Å². The van der Waals surface area contributed by atoms with Crippen LogP contribution in [0.25, 0.3) is 10.9 Å². The second kappa shape index (κ2) is 5.87. The van der Waals surface area contributed by atoms with Crippen molar-refractivity contribution in [2.75, 3.05) is 0 Å². The van der Waals surface area contributed by atoms with Crippen molar-refractivity contribution in [1.82, 2.24) is 10.3 Å². The van der Waals surface area contributed by atoms with Crippen molar-refractivity contribution in [2.24, 2.45) is 0 Å². The molecule has 2 N–H and O–H groups in total. The van der Waals surface area contributed by atoms with E-state index in [1.807, 2.05) is 49.5 Å². The van der Waals surface area contributed by atoms with Gasteiger partial charge in [-0.25, -0.2) is 0 Å². The van der Waals surface area contributed by atoms with E-state index in [-0.39, 0.29) is 11.9 Å². The van der Waals surface area contributed by atoms with Gasteiger partial charge in [-0.05, 0) is 49.7 Å². The summed E-state index contributed by atoms with van der Waals surface area (Å²) < 4.78 is 5.30. The van der Waals surface area contributed by atoms with Gasteiger partial charge in [-0.15, -0.1) is 0 Å². The fourth-order valence-corrected chi connectivity index (χ4v) is 2.39. The first-order valence-electron chi connectivity index (χ1n) is 7.13. The molecular formula is C17H18N2O2. The van der Waals surface area contributed by atoms with Crippen LogP contribution in [0.2, 0.25) is 0 Å². The van der Waals surface area contributed by atoms with E-state index >= 15 is 0 Å². The number of carbonyl (C=O) groups excluding carboxylic acids is 1. The highest BCUT2D eigenvalue weighted by molar-refractivity contribution is 5.98. The van der Waals surface area contributed by atoms with Crippen molar-refractivity contribution in [3.63, 3.8) is 0 Å². The van der Waals surface area contributed by atoms with Crippen LogP contribution in [0, 0.1) is 0 Å². The van der Waals surface area contributed by atoms with Gasteiger partial charge in [0.25, 0.3) is 5.91 Å². The second-order valence-corrected chi connectivity index (χ2v) is 5.27. The van der Waals surface area contributed by atoms with E-state index in [1.165, 1.54) is 0 Å². The molecule has 21 heavy (non-hydrogen) atoms.